The molecule has 1 aromatic carbocycles. The number of nitrogens with two attached hydrogens (primary N) is 1. The van der Waals surface area contributed by atoms with E-state index in [0.29, 0.717) is 13.3 Å². The molecular formula is C15H18N2O2. The number of hydrogen-bond donors (Lipinski definition) is 2. The van der Waals surface area contributed by atoms with E-state index in [1.807, 2.05) is 6.07 Å². The molecule has 0 radical (unpaired) electrons. The lowest BCUT2D eigenvalue weighted by Crippen LogP contribution is -2.31. The van der Waals surface area contributed by atoms with Gasteiger partial charge in [-0.25, -0.2) is 0 Å². The molecule has 0 unspecified atom stereocenters. The Bertz CT molecular complexity index is 626. The summed E-state index contributed by atoms with van der Waals surface area (Å²) in [5.41, 5.74) is 8.70. The van der Waals surface area contributed by atoms with Crippen LogP contribution in [0.5, 0.6) is 11.5 Å². The van der Waals surface area contributed by atoms with E-state index in [2.05, 4.69) is 17.2 Å². The minimum Gasteiger partial charge on any atom is -0.454 e. The average Bonchev–Trinajstić information content (AvgIpc) is 3.14. The van der Waals surface area contributed by atoms with Crippen molar-refractivity contribution in [3.8, 4) is 11.5 Å². The molecule has 2 heterocycles. The summed E-state index contributed by atoms with van der Waals surface area (Å²) in [6, 6.07) is 4.12. The van der Waals surface area contributed by atoms with Gasteiger partial charge in [-0.2, -0.15) is 0 Å². The molecule has 100 valence electrons. The number of aromatic nitrogens is 1. The van der Waals surface area contributed by atoms with Gasteiger partial charge in [-0.1, -0.05) is 12.8 Å². The van der Waals surface area contributed by atoms with E-state index < -0.39 is 0 Å². The summed E-state index contributed by atoms with van der Waals surface area (Å²) in [4.78, 5) is 3.36. The van der Waals surface area contributed by atoms with Crippen LogP contribution in [0.4, 0.5) is 0 Å². The molecule has 4 nitrogen and oxygen atoms in total. The van der Waals surface area contributed by atoms with Crippen LogP contribution in [0.25, 0.3) is 10.9 Å². The summed E-state index contributed by atoms with van der Waals surface area (Å²) in [6.07, 6.45) is 7.04. The maximum absolute atomic E-state index is 6.09. The van der Waals surface area contributed by atoms with Gasteiger partial charge in [0.2, 0.25) is 6.79 Å². The van der Waals surface area contributed by atoms with Gasteiger partial charge in [0.25, 0.3) is 0 Å². The van der Waals surface area contributed by atoms with Gasteiger partial charge in [0.05, 0.1) is 0 Å². The third-order valence-corrected chi connectivity index (χ3v) is 4.70. The number of aromatic amines is 1. The highest BCUT2D eigenvalue weighted by molar-refractivity contribution is 5.88. The maximum atomic E-state index is 6.09. The van der Waals surface area contributed by atoms with E-state index in [9.17, 15) is 0 Å². The average molecular weight is 258 g/mol. The second kappa shape index (κ2) is 3.90. The zero-order chi connectivity index (χ0) is 12.9. The second-order valence-corrected chi connectivity index (χ2v) is 5.64. The number of fused-ring (bicyclic) bond motifs is 2. The first-order valence-electron chi connectivity index (χ1n) is 6.94. The molecule has 1 aliphatic heterocycles. The third kappa shape index (κ3) is 1.49. The van der Waals surface area contributed by atoms with Gasteiger partial charge in [-0.3, -0.25) is 0 Å². The zero-order valence-corrected chi connectivity index (χ0v) is 10.9. The lowest BCUT2D eigenvalue weighted by Gasteiger charge is -2.27. The Kier molecular flexibility index (Phi) is 2.30. The van der Waals surface area contributed by atoms with Crippen molar-refractivity contribution in [1.82, 2.24) is 4.98 Å². The molecule has 4 rings (SSSR count). The van der Waals surface area contributed by atoms with Crippen LogP contribution in [0.15, 0.2) is 18.3 Å². The molecule has 0 spiro atoms. The molecule has 2 aliphatic rings. The molecule has 1 fully saturated rings. The molecule has 1 aliphatic carbocycles. The van der Waals surface area contributed by atoms with Crippen molar-refractivity contribution >= 4 is 10.9 Å². The molecule has 0 atom stereocenters. The third-order valence-electron chi connectivity index (χ3n) is 4.70. The summed E-state index contributed by atoms with van der Waals surface area (Å²) >= 11 is 0. The largest absolute Gasteiger partial charge is 0.454 e. The molecule has 1 aromatic heterocycles. The quantitative estimate of drug-likeness (QED) is 0.870. The first kappa shape index (κ1) is 11.2. The Labute approximate surface area is 111 Å². The smallest absolute Gasteiger partial charge is 0.231 e. The van der Waals surface area contributed by atoms with E-state index in [-0.39, 0.29) is 5.41 Å². The summed E-state index contributed by atoms with van der Waals surface area (Å²) in [5.74, 6) is 1.67. The number of rotatable bonds is 2. The molecular weight excluding hydrogens is 240 g/mol. The van der Waals surface area contributed by atoms with E-state index >= 15 is 0 Å². The number of hydrogen-bond acceptors (Lipinski definition) is 3. The standard InChI is InChI=1S/C15H18N2O2/c16-8-15(3-1-2-4-15)11-7-17-12-6-14-13(5-10(11)12)18-9-19-14/h5-7,17H,1-4,8-9,16H2. The van der Waals surface area contributed by atoms with Crippen molar-refractivity contribution in [2.75, 3.05) is 13.3 Å². The van der Waals surface area contributed by atoms with Crippen molar-refractivity contribution < 1.29 is 9.47 Å². The Hall–Kier alpha value is -1.68. The van der Waals surface area contributed by atoms with Gasteiger partial charge in [0.15, 0.2) is 11.5 Å². The fourth-order valence-corrected chi connectivity index (χ4v) is 3.59. The normalized spacial score (nSPS) is 20.3. The number of ether oxygens (including phenoxy) is 2. The van der Waals surface area contributed by atoms with Crippen LogP contribution < -0.4 is 15.2 Å². The first-order chi connectivity index (χ1) is 9.32. The predicted molar refractivity (Wildman–Crippen MR) is 73.6 cm³/mol. The van der Waals surface area contributed by atoms with Gasteiger partial charge < -0.3 is 20.2 Å². The minimum absolute atomic E-state index is 0.145. The van der Waals surface area contributed by atoms with Crippen LogP contribution in [-0.2, 0) is 5.41 Å². The van der Waals surface area contributed by atoms with E-state index in [1.165, 1.54) is 36.6 Å². The van der Waals surface area contributed by atoms with Crippen LogP contribution in [0.2, 0.25) is 0 Å². The van der Waals surface area contributed by atoms with Crippen LogP contribution >= 0.6 is 0 Å². The number of H-pyrrole nitrogens is 1. The van der Waals surface area contributed by atoms with Crippen molar-refractivity contribution in [3.63, 3.8) is 0 Å². The number of benzene rings is 1. The van der Waals surface area contributed by atoms with E-state index in [1.54, 1.807) is 0 Å². The summed E-state index contributed by atoms with van der Waals surface area (Å²) in [7, 11) is 0. The Balaban J connectivity index is 1.91. The molecule has 0 bridgehead atoms. The molecule has 2 aromatic rings. The molecule has 1 saturated carbocycles. The minimum atomic E-state index is 0.145. The fraction of sp³-hybridized carbons (Fsp3) is 0.467. The summed E-state index contributed by atoms with van der Waals surface area (Å²) in [6.45, 7) is 1.04. The zero-order valence-electron chi connectivity index (χ0n) is 10.9. The molecule has 4 heteroatoms. The predicted octanol–water partition coefficient (Wildman–Crippen LogP) is 2.67. The van der Waals surface area contributed by atoms with Crippen molar-refractivity contribution in [1.29, 1.82) is 0 Å². The number of nitrogens with one attached hydrogen (secondary N) is 1. The fourth-order valence-electron chi connectivity index (χ4n) is 3.59. The first-order valence-corrected chi connectivity index (χ1v) is 6.94. The lowest BCUT2D eigenvalue weighted by atomic mass is 9.79. The second-order valence-electron chi connectivity index (χ2n) is 5.64. The van der Waals surface area contributed by atoms with Gasteiger partial charge in [-0.05, 0) is 24.5 Å². The van der Waals surface area contributed by atoms with Gasteiger partial charge in [0, 0.05) is 35.1 Å². The monoisotopic (exact) mass is 258 g/mol. The Morgan fingerprint density at radius 3 is 2.63 bits per heavy atom. The highest BCUT2D eigenvalue weighted by Gasteiger charge is 2.36. The van der Waals surface area contributed by atoms with Crippen molar-refractivity contribution in [3.05, 3.63) is 23.9 Å². The van der Waals surface area contributed by atoms with Gasteiger partial charge in [0.1, 0.15) is 0 Å². The van der Waals surface area contributed by atoms with Crippen LogP contribution in [-0.4, -0.2) is 18.3 Å². The topological polar surface area (TPSA) is 60.3 Å². The highest BCUT2D eigenvalue weighted by Crippen LogP contribution is 2.45. The van der Waals surface area contributed by atoms with E-state index in [0.717, 1.165) is 17.0 Å². The lowest BCUT2D eigenvalue weighted by molar-refractivity contribution is 0.174. The van der Waals surface area contributed by atoms with Crippen LogP contribution in [0, 0.1) is 0 Å². The SMILES string of the molecule is NCC1(c2c[nH]c3cc4c(cc23)OCO4)CCCC1. The summed E-state index contributed by atoms with van der Waals surface area (Å²) < 4.78 is 10.9. The van der Waals surface area contributed by atoms with Gasteiger partial charge >= 0.3 is 0 Å². The van der Waals surface area contributed by atoms with Gasteiger partial charge in [-0.15, -0.1) is 0 Å². The molecule has 3 N–H and O–H groups in total. The molecule has 19 heavy (non-hydrogen) atoms. The van der Waals surface area contributed by atoms with Crippen molar-refractivity contribution in [2.24, 2.45) is 5.73 Å². The molecule has 0 amide bonds. The Morgan fingerprint density at radius 2 is 1.89 bits per heavy atom. The highest BCUT2D eigenvalue weighted by atomic mass is 16.7. The van der Waals surface area contributed by atoms with Crippen molar-refractivity contribution in [2.45, 2.75) is 31.1 Å². The van der Waals surface area contributed by atoms with Crippen LogP contribution in [0.3, 0.4) is 0 Å². The van der Waals surface area contributed by atoms with E-state index in [4.69, 9.17) is 15.2 Å². The summed E-state index contributed by atoms with van der Waals surface area (Å²) in [5, 5.41) is 1.23. The van der Waals surface area contributed by atoms with Crippen LogP contribution in [0.1, 0.15) is 31.2 Å². The Morgan fingerprint density at radius 1 is 1.16 bits per heavy atom. The maximum Gasteiger partial charge on any atom is 0.231 e. The molecule has 0 saturated heterocycles.